The maximum atomic E-state index is 5.35. The van der Waals surface area contributed by atoms with E-state index in [9.17, 15) is 0 Å². The van der Waals surface area contributed by atoms with Gasteiger partial charge >= 0.3 is 0 Å². The Morgan fingerprint density at radius 2 is 1.71 bits per heavy atom. The van der Waals surface area contributed by atoms with E-state index in [1.165, 1.54) is 0 Å². The molecule has 0 unspecified atom stereocenters. The monoisotopic (exact) mass is 261 g/mol. The van der Waals surface area contributed by atoms with Crippen molar-refractivity contribution < 1.29 is 0 Å². The lowest BCUT2D eigenvalue weighted by atomic mass is 10.1. The van der Waals surface area contributed by atoms with Crippen molar-refractivity contribution in [2.75, 3.05) is 5.32 Å². The maximum absolute atomic E-state index is 5.35. The third-order valence-electron chi connectivity index (χ3n) is 2.27. The molecule has 0 amide bonds. The fourth-order valence-electron chi connectivity index (χ4n) is 1.60. The first-order valence-electron chi connectivity index (χ1n) is 5.02. The molecule has 4 N–H and O–H groups in total. The van der Waals surface area contributed by atoms with E-state index in [1.807, 2.05) is 42.5 Å². The van der Waals surface area contributed by atoms with E-state index < -0.39 is 0 Å². The van der Waals surface area contributed by atoms with Crippen LogP contribution in [0.4, 0.5) is 5.69 Å². The van der Waals surface area contributed by atoms with Crippen molar-refractivity contribution in [2.24, 2.45) is 5.73 Å². The van der Waals surface area contributed by atoms with Crippen LogP contribution in [0.2, 0.25) is 0 Å². The van der Waals surface area contributed by atoms with Crippen LogP contribution >= 0.6 is 24.4 Å². The zero-order chi connectivity index (χ0) is 12.3. The lowest BCUT2D eigenvalue weighted by Crippen LogP contribution is -2.37. The van der Waals surface area contributed by atoms with E-state index in [4.69, 9.17) is 30.2 Å². The maximum Gasteiger partial charge on any atom is 0.177 e. The van der Waals surface area contributed by atoms with Crippen LogP contribution in [0.15, 0.2) is 42.5 Å². The van der Waals surface area contributed by atoms with Gasteiger partial charge in [-0.05, 0) is 35.9 Å². The Morgan fingerprint density at radius 1 is 1.00 bits per heavy atom. The van der Waals surface area contributed by atoms with Gasteiger partial charge in [0.25, 0.3) is 0 Å². The molecule has 17 heavy (non-hydrogen) atoms. The highest BCUT2D eigenvalue weighted by molar-refractivity contribution is 7.82. The van der Waals surface area contributed by atoms with Crippen LogP contribution in [0.5, 0.6) is 0 Å². The number of hydrogen-bond donors (Lipinski definition) is 3. The Bertz CT molecular complexity index is 575. The van der Waals surface area contributed by atoms with E-state index >= 15 is 0 Å². The van der Waals surface area contributed by atoms with Crippen LogP contribution < -0.4 is 16.4 Å². The molecule has 0 heterocycles. The summed E-state index contributed by atoms with van der Waals surface area (Å²) in [6, 6.07) is 14.0. The minimum absolute atomic E-state index is 0.155. The Morgan fingerprint density at radius 3 is 2.47 bits per heavy atom. The molecule has 0 saturated heterocycles. The molecule has 0 radical (unpaired) electrons. The van der Waals surface area contributed by atoms with E-state index in [-0.39, 0.29) is 5.11 Å². The van der Waals surface area contributed by atoms with Gasteiger partial charge in [0.2, 0.25) is 0 Å². The Hall–Kier alpha value is -1.72. The molecule has 0 aliphatic rings. The average molecular weight is 261 g/mol. The van der Waals surface area contributed by atoms with Gasteiger partial charge in [-0.3, -0.25) is 0 Å². The summed E-state index contributed by atoms with van der Waals surface area (Å²) < 4.78 is 0. The molecule has 0 aliphatic heterocycles. The number of fused-ring (bicyclic) bond motifs is 1. The number of nitrogens with one attached hydrogen (secondary N) is 2. The van der Waals surface area contributed by atoms with Crippen molar-refractivity contribution in [1.82, 2.24) is 5.32 Å². The Labute approximate surface area is 110 Å². The van der Waals surface area contributed by atoms with Gasteiger partial charge in [-0.2, -0.15) is 0 Å². The van der Waals surface area contributed by atoms with Gasteiger partial charge in [0.15, 0.2) is 10.2 Å². The SMILES string of the molecule is NC(=S)NC(=S)Nc1cccc2ccccc12. The topological polar surface area (TPSA) is 50.1 Å². The van der Waals surface area contributed by atoms with Crippen LogP contribution in [-0.2, 0) is 0 Å². The summed E-state index contributed by atoms with van der Waals surface area (Å²) in [6.07, 6.45) is 0. The highest BCUT2D eigenvalue weighted by Crippen LogP contribution is 2.22. The summed E-state index contributed by atoms with van der Waals surface area (Å²) in [5.41, 5.74) is 6.28. The third-order valence-corrected chi connectivity index (χ3v) is 2.58. The van der Waals surface area contributed by atoms with Crippen molar-refractivity contribution >= 4 is 51.1 Å². The molecule has 5 heteroatoms. The quantitative estimate of drug-likeness (QED) is 0.688. The van der Waals surface area contributed by atoms with Gasteiger partial charge in [-0.1, -0.05) is 36.4 Å². The molecule has 0 fully saturated rings. The Balaban J connectivity index is 2.30. The number of anilines is 1. The second-order valence-electron chi connectivity index (χ2n) is 3.47. The first kappa shape index (κ1) is 11.8. The molecule has 3 nitrogen and oxygen atoms in total. The van der Waals surface area contributed by atoms with Crippen LogP contribution in [0.3, 0.4) is 0 Å². The van der Waals surface area contributed by atoms with E-state index in [0.29, 0.717) is 5.11 Å². The molecule has 0 bridgehead atoms. The van der Waals surface area contributed by atoms with Gasteiger partial charge in [0.05, 0.1) is 0 Å². The summed E-state index contributed by atoms with van der Waals surface area (Å²) in [7, 11) is 0. The summed E-state index contributed by atoms with van der Waals surface area (Å²) in [5, 5.41) is 8.55. The Kier molecular flexibility index (Phi) is 3.51. The summed E-state index contributed by atoms with van der Waals surface area (Å²) >= 11 is 9.81. The molecule has 2 aromatic carbocycles. The second-order valence-corrected chi connectivity index (χ2v) is 4.32. The van der Waals surface area contributed by atoms with E-state index in [2.05, 4.69) is 10.6 Å². The summed E-state index contributed by atoms with van der Waals surface area (Å²) in [4.78, 5) is 0. The van der Waals surface area contributed by atoms with Gasteiger partial charge < -0.3 is 16.4 Å². The minimum atomic E-state index is 0.155. The standard InChI is InChI=1S/C12H11N3S2/c13-11(16)15-12(17)14-10-7-3-5-8-4-1-2-6-9(8)10/h1-7H,(H4,13,14,15,16,17). The lowest BCUT2D eigenvalue weighted by molar-refractivity contribution is 1.38. The van der Waals surface area contributed by atoms with Crippen molar-refractivity contribution in [2.45, 2.75) is 0 Å². The molecule has 0 spiro atoms. The molecule has 0 aromatic heterocycles. The first-order valence-corrected chi connectivity index (χ1v) is 5.83. The number of benzene rings is 2. The zero-order valence-electron chi connectivity index (χ0n) is 8.94. The molecule has 2 rings (SSSR count). The fourth-order valence-corrected chi connectivity index (χ4v) is 1.99. The highest BCUT2D eigenvalue weighted by Gasteiger charge is 2.02. The minimum Gasteiger partial charge on any atom is -0.376 e. The van der Waals surface area contributed by atoms with Crippen molar-refractivity contribution in [3.05, 3.63) is 42.5 Å². The molecule has 86 valence electrons. The first-order chi connectivity index (χ1) is 8.16. The van der Waals surface area contributed by atoms with E-state index in [1.54, 1.807) is 0 Å². The predicted octanol–water partition coefficient (Wildman–Crippen LogP) is 2.37. The largest absolute Gasteiger partial charge is 0.376 e. The normalized spacial score (nSPS) is 9.88. The average Bonchev–Trinajstić information content (AvgIpc) is 2.28. The lowest BCUT2D eigenvalue weighted by Gasteiger charge is -2.11. The van der Waals surface area contributed by atoms with Gasteiger partial charge in [-0.15, -0.1) is 0 Å². The summed E-state index contributed by atoms with van der Waals surface area (Å²) in [5.74, 6) is 0. The van der Waals surface area contributed by atoms with Crippen molar-refractivity contribution in [1.29, 1.82) is 0 Å². The number of rotatable bonds is 1. The van der Waals surface area contributed by atoms with Gasteiger partial charge in [0, 0.05) is 11.1 Å². The number of nitrogens with two attached hydrogens (primary N) is 1. The zero-order valence-corrected chi connectivity index (χ0v) is 10.6. The molecule has 2 aromatic rings. The van der Waals surface area contributed by atoms with Crippen LogP contribution in [0, 0.1) is 0 Å². The smallest absolute Gasteiger partial charge is 0.177 e. The molecular formula is C12H11N3S2. The molecule has 0 aliphatic carbocycles. The third kappa shape index (κ3) is 2.89. The van der Waals surface area contributed by atoms with Crippen molar-refractivity contribution in [3.8, 4) is 0 Å². The van der Waals surface area contributed by atoms with Gasteiger partial charge in [0.1, 0.15) is 0 Å². The summed E-state index contributed by atoms with van der Waals surface area (Å²) in [6.45, 7) is 0. The van der Waals surface area contributed by atoms with Crippen LogP contribution in [0.25, 0.3) is 10.8 Å². The van der Waals surface area contributed by atoms with Crippen LogP contribution in [0.1, 0.15) is 0 Å². The molecule has 0 saturated carbocycles. The molecule has 0 atom stereocenters. The van der Waals surface area contributed by atoms with E-state index in [0.717, 1.165) is 16.5 Å². The predicted molar refractivity (Wildman–Crippen MR) is 80.1 cm³/mol. The van der Waals surface area contributed by atoms with Gasteiger partial charge in [-0.25, -0.2) is 0 Å². The fraction of sp³-hybridized carbons (Fsp3) is 0. The second kappa shape index (κ2) is 5.07. The highest BCUT2D eigenvalue weighted by atomic mass is 32.1. The van der Waals surface area contributed by atoms with Crippen LogP contribution in [-0.4, -0.2) is 10.2 Å². The van der Waals surface area contributed by atoms with Crippen molar-refractivity contribution in [3.63, 3.8) is 0 Å². The molecular weight excluding hydrogens is 250 g/mol. The number of thiocarbonyl (C=S) groups is 2. The number of hydrogen-bond acceptors (Lipinski definition) is 2.